The third kappa shape index (κ3) is 12.5. The fourth-order valence-electron chi connectivity index (χ4n) is 10.9. The van der Waals surface area contributed by atoms with Gasteiger partial charge in [0.1, 0.15) is 48.4 Å². The molecule has 0 spiro atoms. The first-order valence-corrected chi connectivity index (χ1v) is 26.8. The summed E-state index contributed by atoms with van der Waals surface area (Å²) in [5.41, 5.74) is 5.07. The number of hydrogen-bond donors (Lipinski definition) is 5. The van der Waals surface area contributed by atoms with Crippen LogP contribution >= 0.6 is 0 Å². The molecule has 1 unspecified atom stereocenters. The maximum absolute atomic E-state index is 14.8. The van der Waals surface area contributed by atoms with Gasteiger partial charge in [-0.3, -0.25) is 24.5 Å². The summed E-state index contributed by atoms with van der Waals surface area (Å²) in [6.45, 7) is 14.1. The maximum atomic E-state index is 14.8. The minimum absolute atomic E-state index is 0.0511. The van der Waals surface area contributed by atoms with Crippen LogP contribution in [0.5, 0.6) is 5.75 Å². The second-order valence-electron chi connectivity index (χ2n) is 21.9. The monoisotopic (exact) mass is 1080 g/mol. The van der Waals surface area contributed by atoms with E-state index in [9.17, 15) is 33.9 Å². The van der Waals surface area contributed by atoms with Crippen molar-refractivity contribution in [1.29, 1.82) is 0 Å². The molecule has 420 valence electrons. The van der Waals surface area contributed by atoms with Gasteiger partial charge in [0.15, 0.2) is 5.72 Å². The minimum atomic E-state index is -1.84. The van der Waals surface area contributed by atoms with Crippen molar-refractivity contribution in [3.63, 3.8) is 0 Å². The summed E-state index contributed by atoms with van der Waals surface area (Å²) >= 11 is 0. The summed E-state index contributed by atoms with van der Waals surface area (Å²) in [5.74, 6) is -3.11. The number of rotatable bonds is 13. The van der Waals surface area contributed by atoms with E-state index in [1.807, 2.05) is 68.5 Å². The Morgan fingerprint density at radius 1 is 0.899 bits per heavy atom. The molecular formula is C61H73N5O13. The summed E-state index contributed by atoms with van der Waals surface area (Å²) in [7, 11) is 4.60. The number of allylic oxidation sites excluding steroid dienone is 3. The summed E-state index contributed by atoms with van der Waals surface area (Å²) < 4.78 is 35.6. The molecule has 3 aliphatic heterocycles. The van der Waals surface area contributed by atoms with Crippen molar-refractivity contribution in [3.8, 4) is 28.0 Å². The van der Waals surface area contributed by atoms with Crippen LogP contribution in [-0.4, -0.2) is 117 Å². The first kappa shape index (κ1) is 57.6. The van der Waals surface area contributed by atoms with Gasteiger partial charge in [-0.15, -0.1) is 0 Å². The third-order valence-corrected chi connectivity index (χ3v) is 15.5. The number of alkyl carbamates (subject to hydrolysis) is 2. The van der Waals surface area contributed by atoms with E-state index in [4.69, 9.17) is 28.4 Å². The molecule has 2 saturated heterocycles. The lowest BCUT2D eigenvalue weighted by Gasteiger charge is -2.42. The molecule has 5 N–H and O–H groups in total. The molecule has 4 aromatic carbocycles. The van der Waals surface area contributed by atoms with Gasteiger partial charge in [0.05, 0.1) is 31.2 Å². The lowest BCUT2D eigenvalue weighted by atomic mass is 9.83. The Labute approximate surface area is 461 Å². The number of anilines is 2. The largest absolute Gasteiger partial charge is 0.496 e. The minimum Gasteiger partial charge on any atom is -0.496 e. The average molecular weight is 1080 g/mol. The van der Waals surface area contributed by atoms with E-state index in [1.54, 1.807) is 85.0 Å². The van der Waals surface area contributed by atoms with Gasteiger partial charge in [-0.1, -0.05) is 119 Å². The molecule has 9 atom stereocenters. The number of fused-ring (bicyclic) bond motifs is 8. The molecule has 0 radical (unpaired) electrons. The molecular weight excluding hydrogens is 1010 g/mol. The Hall–Kier alpha value is -7.54. The number of carbonyl (C=O) groups is 6. The van der Waals surface area contributed by atoms with Crippen LogP contribution in [0.3, 0.4) is 0 Å². The van der Waals surface area contributed by atoms with Gasteiger partial charge in [0, 0.05) is 43.7 Å². The standard InChI is InChI=1S/C61H73N5O13/c1-33(2)53(64-58(71)76-32-45-43-20-14-12-18-41(43)42-19-13-15-21-44(42)45)56(69)62-37(7)55(68)63-40-25-23-39(24-26-40)52-46-28-38(29-47(52)74-10)27-35(5)17-16-22-49(75-11)61(73)31-48(77-59(72)65-61)36(6)54-60(8,79-54)50(30-51(67)66(46)9)78-57(70)34(3)4/h12-26,28-29,33-34,36-37,45,48-50,53-54,73H,27,30-32H2,1-11H3,(H,62,69)(H,63,68)(H,64,71)(H,65,72)/b22-16+,35-17+/t36-,37+,48+,49-,50+,53?,54+,60+,61+/m1/s1. The van der Waals surface area contributed by atoms with E-state index in [0.29, 0.717) is 34.7 Å². The van der Waals surface area contributed by atoms with Crippen molar-refractivity contribution in [2.75, 3.05) is 38.1 Å². The number of methoxy groups -OCH3 is 2. The average Bonchev–Trinajstić information content (AvgIpc) is 4.22. The van der Waals surface area contributed by atoms with Gasteiger partial charge in [-0.25, -0.2) is 9.59 Å². The van der Waals surface area contributed by atoms with Gasteiger partial charge in [-0.05, 0) is 90.8 Å². The van der Waals surface area contributed by atoms with Crippen LogP contribution in [0.1, 0.15) is 90.8 Å². The molecule has 18 nitrogen and oxygen atoms in total. The fraction of sp³-hybridized carbons (Fsp3) is 0.443. The van der Waals surface area contributed by atoms with Gasteiger partial charge < -0.3 is 54.4 Å². The lowest BCUT2D eigenvalue weighted by molar-refractivity contribution is -0.157. The number of amides is 5. The maximum Gasteiger partial charge on any atom is 0.409 e. The highest BCUT2D eigenvalue weighted by Crippen LogP contribution is 2.50. The molecule has 0 saturated carbocycles. The quantitative estimate of drug-likeness (QED) is 0.0482. The molecule has 0 aromatic heterocycles. The number of nitrogens with one attached hydrogen (secondary N) is 4. The van der Waals surface area contributed by atoms with E-state index in [0.717, 1.165) is 33.4 Å². The molecule has 1 aliphatic carbocycles. The van der Waals surface area contributed by atoms with E-state index in [2.05, 4.69) is 33.4 Å². The number of esters is 1. The zero-order chi connectivity index (χ0) is 57.1. The Morgan fingerprint density at radius 2 is 1.56 bits per heavy atom. The van der Waals surface area contributed by atoms with Gasteiger partial charge in [0.2, 0.25) is 17.7 Å². The van der Waals surface area contributed by atoms with Crippen molar-refractivity contribution >= 4 is 47.3 Å². The Kier molecular flexibility index (Phi) is 17.4. The second-order valence-corrected chi connectivity index (χ2v) is 21.9. The number of carbonyl (C=O) groups excluding carboxylic acids is 6. The first-order chi connectivity index (χ1) is 37.5. The van der Waals surface area contributed by atoms with Crippen molar-refractivity contribution in [2.24, 2.45) is 17.8 Å². The highest BCUT2D eigenvalue weighted by molar-refractivity contribution is 6.01. The topological polar surface area (TPSA) is 233 Å². The number of nitrogens with zero attached hydrogens (tertiary/aromatic N) is 1. The summed E-state index contributed by atoms with van der Waals surface area (Å²) in [4.78, 5) is 83.2. The number of hydrogen-bond acceptors (Lipinski definition) is 13. The molecule has 18 heteroatoms. The second kappa shape index (κ2) is 23.8. The van der Waals surface area contributed by atoms with Crippen LogP contribution in [0, 0.1) is 17.8 Å². The van der Waals surface area contributed by atoms with Crippen molar-refractivity contribution in [1.82, 2.24) is 16.0 Å². The predicted molar refractivity (Wildman–Crippen MR) is 297 cm³/mol. The van der Waals surface area contributed by atoms with E-state index in [-0.39, 0.29) is 31.3 Å². The number of aliphatic hydroxyl groups is 1. The predicted octanol–water partition coefficient (Wildman–Crippen LogP) is 8.34. The Morgan fingerprint density at radius 3 is 2.18 bits per heavy atom. The molecule has 5 amide bonds. The van der Waals surface area contributed by atoms with Gasteiger partial charge >= 0.3 is 18.2 Å². The highest BCUT2D eigenvalue weighted by atomic mass is 16.7. The Balaban J connectivity index is 1.00. The van der Waals surface area contributed by atoms with Gasteiger partial charge in [-0.2, -0.15) is 0 Å². The van der Waals surface area contributed by atoms with Crippen LogP contribution in [0.2, 0.25) is 0 Å². The van der Waals surface area contributed by atoms with E-state index in [1.165, 1.54) is 19.1 Å². The first-order valence-electron chi connectivity index (χ1n) is 26.8. The number of ether oxygens (including phenoxy) is 6. The number of epoxide rings is 1. The van der Waals surface area contributed by atoms with Crippen LogP contribution in [0.15, 0.2) is 109 Å². The van der Waals surface area contributed by atoms with Crippen molar-refractivity contribution < 1.29 is 62.3 Å². The fourth-order valence-corrected chi connectivity index (χ4v) is 10.9. The molecule has 79 heavy (non-hydrogen) atoms. The molecule has 4 aromatic rings. The van der Waals surface area contributed by atoms with Crippen LogP contribution in [-0.2, 0) is 49.3 Å². The van der Waals surface area contributed by atoms with Crippen LogP contribution in [0.4, 0.5) is 21.0 Å². The lowest BCUT2D eigenvalue weighted by Crippen LogP contribution is -2.63. The van der Waals surface area contributed by atoms with Crippen LogP contribution in [0.25, 0.3) is 22.3 Å². The summed E-state index contributed by atoms with van der Waals surface area (Å²) in [6, 6.07) is 24.7. The molecule has 2 fully saturated rings. The third-order valence-electron chi connectivity index (χ3n) is 15.5. The van der Waals surface area contributed by atoms with E-state index < -0.39 is 95.5 Å². The SMILES string of the molecule is COc1cc2cc(c1-c1ccc(NC(=O)[C@H](C)NC(=O)C(NC(=O)OCC3c4ccccc4-c4ccccc43)C(C)C)cc1)N(C)C(=O)C[C@H](OC(=O)C(C)C)[C@]1(C)O[C@H]1[C@H](C)[C@@H]1C[C@@](O)(NC(=O)O1)[C@H](OC)/C=C/C=C(\C)C2. The number of benzene rings is 4. The van der Waals surface area contributed by atoms with E-state index >= 15 is 0 Å². The summed E-state index contributed by atoms with van der Waals surface area (Å²) in [6.07, 6.45) is 0.239. The Bertz CT molecular complexity index is 2980. The summed E-state index contributed by atoms with van der Waals surface area (Å²) in [5, 5.41) is 22.7. The highest BCUT2D eigenvalue weighted by Gasteiger charge is 2.64. The molecule has 4 aliphatic rings. The zero-order valence-electron chi connectivity index (χ0n) is 46.7. The normalized spacial score (nSPS) is 25.7. The van der Waals surface area contributed by atoms with Crippen molar-refractivity contribution in [3.05, 3.63) is 125 Å². The van der Waals surface area contributed by atoms with Crippen molar-refractivity contribution in [2.45, 2.75) is 128 Å². The molecule has 8 rings (SSSR count). The molecule has 4 bridgehead atoms. The zero-order valence-corrected chi connectivity index (χ0v) is 46.7. The molecule has 3 heterocycles. The smallest absolute Gasteiger partial charge is 0.409 e. The van der Waals surface area contributed by atoms with Gasteiger partial charge in [0.25, 0.3) is 0 Å². The van der Waals surface area contributed by atoms with Crippen LogP contribution < -0.4 is 30.9 Å².